The minimum Gasteiger partial charge on any atom is -0.480 e. The van der Waals surface area contributed by atoms with Crippen molar-refractivity contribution in [1.82, 2.24) is 9.80 Å². The Hall–Kier alpha value is -1.34. The molecule has 0 saturated carbocycles. The predicted molar refractivity (Wildman–Crippen MR) is 65.9 cm³/mol. The van der Waals surface area contributed by atoms with E-state index in [4.69, 9.17) is 14.6 Å². The molecular weight excluding hydrogens is 252 g/mol. The molecule has 19 heavy (non-hydrogen) atoms. The molecule has 0 aliphatic carbocycles. The molecule has 2 aliphatic rings. The third kappa shape index (κ3) is 3.16. The summed E-state index contributed by atoms with van der Waals surface area (Å²) in [5, 5.41) is 9.14. The molecule has 1 atom stereocenters. The van der Waals surface area contributed by atoms with Crippen LogP contribution >= 0.6 is 0 Å². The van der Waals surface area contributed by atoms with Crippen molar-refractivity contribution >= 4 is 12.0 Å². The molecule has 2 saturated heterocycles. The van der Waals surface area contributed by atoms with Gasteiger partial charge in [0.25, 0.3) is 0 Å². The van der Waals surface area contributed by atoms with Crippen LogP contribution in [0.15, 0.2) is 0 Å². The van der Waals surface area contributed by atoms with E-state index in [1.807, 2.05) is 0 Å². The molecule has 7 nitrogen and oxygen atoms in total. The maximum atomic E-state index is 12.4. The summed E-state index contributed by atoms with van der Waals surface area (Å²) in [7, 11) is 1.73. The molecule has 0 radical (unpaired) electrons. The smallest absolute Gasteiger partial charge is 0.328 e. The van der Waals surface area contributed by atoms with Crippen LogP contribution in [0.5, 0.6) is 0 Å². The quantitative estimate of drug-likeness (QED) is 0.765. The second-order valence-electron chi connectivity index (χ2n) is 4.86. The molecule has 0 aromatic heterocycles. The van der Waals surface area contributed by atoms with Crippen LogP contribution < -0.4 is 0 Å². The van der Waals surface area contributed by atoms with Crippen molar-refractivity contribution in [2.45, 2.75) is 24.9 Å². The van der Waals surface area contributed by atoms with E-state index in [2.05, 4.69) is 0 Å². The first-order valence-corrected chi connectivity index (χ1v) is 6.53. The molecule has 108 valence electrons. The summed E-state index contributed by atoms with van der Waals surface area (Å²) in [6, 6.07) is -0.996. The van der Waals surface area contributed by atoms with E-state index < -0.39 is 12.0 Å². The highest BCUT2D eigenvalue weighted by Crippen LogP contribution is 2.17. The van der Waals surface area contributed by atoms with Gasteiger partial charge in [0.2, 0.25) is 0 Å². The number of carboxylic acids is 1. The Balaban J connectivity index is 2.01. The van der Waals surface area contributed by atoms with Gasteiger partial charge < -0.3 is 24.4 Å². The average molecular weight is 272 g/mol. The van der Waals surface area contributed by atoms with Crippen molar-refractivity contribution in [2.24, 2.45) is 0 Å². The Morgan fingerprint density at radius 3 is 2.53 bits per heavy atom. The highest BCUT2D eigenvalue weighted by molar-refractivity contribution is 5.83. The van der Waals surface area contributed by atoms with Gasteiger partial charge >= 0.3 is 12.0 Å². The largest absolute Gasteiger partial charge is 0.480 e. The van der Waals surface area contributed by atoms with Crippen molar-refractivity contribution in [3.8, 4) is 0 Å². The zero-order chi connectivity index (χ0) is 13.8. The average Bonchev–Trinajstić information content (AvgIpc) is 2.46. The van der Waals surface area contributed by atoms with E-state index in [1.165, 1.54) is 4.90 Å². The van der Waals surface area contributed by atoms with Crippen molar-refractivity contribution in [3.05, 3.63) is 0 Å². The molecule has 0 spiro atoms. The zero-order valence-corrected chi connectivity index (χ0v) is 11.1. The zero-order valence-electron chi connectivity index (χ0n) is 11.1. The SMILES string of the molecule is CN(C(=O)N1CCOCC1C(=O)O)C1CCOCC1. The lowest BCUT2D eigenvalue weighted by Gasteiger charge is -2.39. The Kier molecular flexibility index (Phi) is 4.60. The Morgan fingerprint density at radius 1 is 1.21 bits per heavy atom. The molecule has 2 amide bonds. The van der Waals surface area contributed by atoms with E-state index >= 15 is 0 Å². The van der Waals surface area contributed by atoms with Crippen LogP contribution in [0.2, 0.25) is 0 Å². The topological polar surface area (TPSA) is 79.3 Å². The maximum absolute atomic E-state index is 12.4. The lowest BCUT2D eigenvalue weighted by Crippen LogP contribution is -2.57. The number of ether oxygens (including phenoxy) is 2. The van der Waals surface area contributed by atoms with Gasteiger partial charge in [-0.3, -0.25) is 0 Å². The van der Waals surface area contributed by atoms with Crippen molar-refractivity contribution in [2.75, 3.05) is 40.0 Å². The summed E-state index contributed by atoms with van der Waals surface area (Å²) in [6.45, 7) is 2.06. The lowest BCUT2D eigenvalue weighted by molar-refractivity contribution is -0.147. The summed E-state index contributed by atoms with van der Waals surface area (Å²) >= 11 is 0. The highest BCUT2D eigenvalue weighted by Gasteiger charge is 2.36. The van der Waals surface area contributed by atoms with Crippen LogP contribution in [0.25, 0.3) is 0 Å². The van der Waals surface area contributed by atoms with Gasteiger partial charge in [0.15, 0.2) is 6.04 Å². The van der Waals surface area contributed by atoms with Crippen LogP contribution in [0, 0.1) is 0 Å². The van der Waals surface area contributed by atoms with Gasteiger partial charge in [0.05, 0.1) is 13.2 Å². The number of carbonyl (C=O) groups excluding carboxylic acids is 1. The van der Waals surface area contributed by atoms with Gasteiger partial charge in [-0.25, -0.2) is 9.59 Å². The first kappa shape index (κ1) is 14.1. The second-order valence-corrected chi connectivity index (χ2v) is 4.86. The Morgan fingerprint density at radius 2 is 1.89 bits per heavy atom. The van der Waals surface area contributed by atoms with Crippen molar-refractivity contribution in [1.29, 1.82) is 0 Å². The van der Waals surface area contributed by atoms with E-state index in [-0.39, 0.29) is 18.7 Å². The number of hydrogen-bond acceptors (Lipinski definition) is 4. The number of nitrogens with zero attached hydrogens (tertiary/aromatic N) is 2. The van der Waals surface area contributed by atoms with E-state index in [0.717, 1.165) is 12.8 Å². The molecule has 2 rings (SSSR count). The van der Waals surface area contributed by atoms with Crippen LogP contribution in [0.4, 0.5) is 4.79 Å². The Bertz CT molecular complexity index is 343. The minimum atomic E-state index is -1.02. The van der Waals surface area contributed by atoms with Gasteiger partial charge in [-0.05, 0) is 12.8 Å². The fourth-order valence-electron chi connectivity index (χ4n) is 2.47. The number of aliphatic carboxylic acids is 1. The van der Waals surface area contributed by atoms with Crippen LogP contribution in [-0.2, 0) is 14.3 Å². The Labute approximate surface area is 112 Å². The monoisotopic (exact) mass is 272 g/mol. The van der Waals surface area contributed by atoms with Crippen LogP contribution in [0.3, 0.4) is 0 Å². The summed E-state index contributed by atoms with van der Waals surface area (Å²) in [5.74, 6) is -1.02. The van der Waals surface area contributed by atoms with Gasteiger partial charge in [-0.15, -0.1) is 0 Å². The van der Waals surface area contributed by atoms with Gasteiger partial charge in [-0.1, -0.05) is 0 Å². The number of rotatable bonds is 2. The molecule has 1 N–H and O–H groups in total. The third-order valence-electron chi connectivity index (χ3n) is 3.70. The number of carboxylic acid groups (broad SMARTS) is 1. The molecule has 0 aromatic carbocycles. The van der Waals surface area contributed by atoms with Crippen LogP contribution in [0.1, 0.15) is 12.8 Å². The molecule has 1 unspecified atom stereocenters. The number of carbonyl (C=O) groups is 2. The molecule has 2 aliphatic heterocycles. The molecular formula is C12H20N2O5. The fourth-order valence-corrected chi connectivity index (χ4v) is 2.47. The molecule has 2 heterocycles. The predicted octanol–water partition coefficient (Wildman–Crippen LogP) is 0.00260. The lowest BCUT2D eigenvalue weighted by atomic mass is 10.1. The summed E-state index contributed by atoms with van der Waals surface area (Å²) in [6.07, 6.45) is 1.59. The van der Waals surface area contributed by atoms with Crippen LogP contribution in [-0.4, -0.2) is 79.0 Å². The van der Waals surface area contributed by atoms with Gasteiger partial charge in [0, 0.05) is 32.8 Å². The van der Waals surface area contributed by atoms with Crippen molar-refractivity contribution < 1.29 is 24.2 Å². The first-order chi connectivity index (χ1) is 9.11. The molecule has 0 aromatic rings. The molecule has 0 bridgehead atoms. The molecule has 2 fully saturated rings. The van der Waals surface area contributed by atoms with E-state index in [0.29, 0.717) is 26.4 Å². The minimum absolute atomic E-state index is 0.0582. The number of urea groups is 1. The number of morpholine rings is 1. The standard InChI is InChI=1S/C12H20N2O5/c1-13(9-2-5-18-6-3-9)12(17)14-4-7-19-8-10(14)11(15)16/h9-10H,2-8H2,1H3,(H,15,16). The fraction of sp³-hybridized carbons (Fsp3) is 0.833. The second kappa shape index (κ2) is 6.21. The summed E-state index contributed by atoms with van der Waals surface area (Å²) < 4.78 is 10.4. The number of hydrogen-bond donors (Lipinski definition) is 1. The van der Waals surface area contributed by atoms with E-state index in [9.17, 15) is 9.59 Å². The van der Waals surface area contributed by atoms with E-state index in [1.54, 1.807) is 11.9 Å². The molecule has 7 heteroatoms. The summed E-state index contributed by atoms with van der Waals surface area (Å²) in [5.41, 5.74) is 0. The third-order valence-corrected chi connectivity index (χ3v) is 3.70. The van der Waals surface area contributed by atoms with Gasteiger partial charge in [-0.2, -0.15) is 0 Å². The summed E-state index contributed by atoms with van der Waals surface area (Å²) in [4.78, 5) is 26.6. The maximum Gasteiger partial charge on any atom is 0.328 e. The van der Waals surface area contributed by atoms with Gasteiger partial charge in [0.1, 0.15) is 0 Å². The highest BCUT2D eigenvalue weighted by atomic mass is 16.5. The number of amides is 2. The first-order valence-electron chi connectivity index (χ1n) is 6.53. The normalized spacial score (nSPS) is 25.1. The van der Waals surface area contributed by atoms with Crippen molar-refractivity contribution in [3.63, 3.8) is 0 Å².